The molecule has 0 fully saturated rings. The van der Waals surface area contributed by atoms with Crippen LogP contribution < -0.4 is 14.8 Å². The molecular weight excluding hydrogens is 354 g/mol. The molecule has 0 radical (unpaired) electrons. The lowest BCUT2D eigenvalue weighted by Gasteiger charge is -2.10. The zero-order chi connectivity index (χ0) is 19.6. The molecule has 2 aromatic rings. The molecular formula is C18H19N3O6. The molecule has 2 aromatic carbocycles. The number of benzene rings is 2. The van der Waals surface area contributed by atoms with Crippen molar-refractivity contribution < 1.29 is 24.0 Å². The lowest BCUT2D eigenvalue weighted by atomic mass is 10.2. The molecule has 27 heavy (non-hydrogen) atoms. The summed E-state index contributed by atoms with van der Waals surface area (Å²) in [5.41, 5.74) is 1.28. The molecule has 2 rings (SSSR count). The summed E-state index contributed by atoms with van der Waals surface area (Å²) in [4.78, 5) is 26.9. The van der Waals surface area contributed by atoms with E-state index in [1.807, 2.05) is 6.07 Å². The molecule has 0 atom stereocenters. The normalized spacial score (nSPS) is 10.4. The first-order valence-corrected chi connectivity index (χ1v) is 7.91. The Labute approximate surface area is 155 Å². The Kier molecular flexibility index (Phi) is 7.12. The van der Waals surface area contributed by atoms with E-state index in [1.54, 1.807) is 25.3 Å². The predicted octanol–water partition coefficient (Wildman–Crippen LogP) is 2.28. The molecule has 0 aliphatic carbocycles. The molecule has 0 spiro atoms. The monoisotopic (exact) mass is 373 g/mol. The van der Waals surface area contributed by atoms with Crippen LogP contribution in [0.1, 0.15) is 11.1 Å². The van der Waals surface area contributed by atoms with E-state index in [9.17, 15) is 14.9 Å². The fourth-order valence-electron chi connectivity index (χ4n) is 2.15. The highest BCUT2D eigenvalue weighted by Gasteiger charge is 2.07. The highest BCUT2D eigenvalue weighted by atomic mass is 16.6. The Morgan fingerprint density at radius 3 is 2.67 bits per heavy atom. The Morgan fingerprint density at radius 1 is 1.19 bits per heavy atom. The fourth-order valence-corrected chi connectivity index (χ4v) is 2.15. The van der Waals surface area contributed by atoms with Crippen LogP contribution in [0.25, 0.3) is 0 Å². The molecule has 9 nitrogen and oxygen atoms in total. The molecule has 0 aliphatic rings. The van der Waals surface area contributed by atoms with Crippen molar-refractivity contribution in [3.63, 3.8) is 0 Å². The van der Waals surface area contributed by atoms with E-state index in [0.29, 0.717) is 17.1 Å². The quantitative estimate of drug-likeness (QED) is 0.410. The number of rotatable bonds is 9. The highest BCUT2D eigenvalue weighted by molar-refractivity contribution is 5.80. The van der Waals surface area contributed by atoms with Gasteiger partial charge < -0.3 is 19.6 Å². The minimum atomic E-state index is -0.500. The van der Waals surface area contributed by atoms with Gasteiger partial charge in [0.1, 0.15) is 0 Å². The summed E-state index contributed by atoms with van der Waals surface area (Å²) < 4.78 is 10.4. The van der Waals surface area contributed by atoms with E-state index in [2.05, 4.69) is 10.5 Å². The van der Waals surface area contributed by atoms with Gasteiger partial charge in [-0.25, -0.2) is 0 Å². The first-order valence-electron chi connectivity index (χ1n) is 7.91. The van der Waals surface area contributed by atoms with Crippen molar-refractivity contribution in [3.05, 3.63) is 63.7 Å². The number of carbonyl (C=O) groups excluding carboxylic acids is 1. The molecule has 0 saturated carbocycles. The smallest absolute Gasteiger partial charge is 0.270 e. The number of nitro benzene ring substituents is 1. The van der Waals surface area contributed by atoms with Crippen molar-refractivity contribution in [2.45, 2.75) is 6.54 Å². The van der Waals surface area contributed by atoms with Gasteiger partial charge in [0.25, 0.3) is 11.6 Å². The van der Waals surface area contributed by atoms with Gasteiger partial charge in [0.05, 0.1) is 25.4 Å². The zero-order valence-corrected chi connectivity index (χ0v) is 14.9. The van der Waals surface area contributed by atoms with Gasteiger partial charge in [-0.2, -0.15) is 0 Å². The molecule has 0 bridgehead atoms. The van der Waals surface area contributed by atoms with E-state index < -0.39 is 4.92 Å². The average Bonchev–Trinajstić information content (AvgIpc) is 2.69. The molecule has 0 aromatic heterocycles. The van der Waals surface area contributed by atoms with Crippen LogP contribution in [0.4, 0.5) is 5.69 Å². The van der Waals surface area contributed by atoms with Gasteiger partial charge >= 0.3 is 0 Å². The zero-order valence-electron chi connectivity index (χ0n) is 14.9. The topological polar surface area (TPSA) is 112 Å². The van der Waals surface area contributed by atoms with Crippen LogP contribution in [-0.2, 0) is 16.2 Å². The van der Waals surface area contributed by atoms with Crippen LogP contribution in [0.3, 0.4) is 0 Å². The number of hydrogen-bond donors (Lipinski definition) is 1. The first-order chi connectivity index (χ1) is 13.0. The van der Waals surface area contributed by atoms with Crippen LogP contribution in [0.15, 0.2) is 47.6 Å². The average molecular weight is 373 g/mol. The van der Waals surface area contributed by atoms with Crippen molar-refractivity contribution in [3.8, 4) is 11.5 Å². The minimum Gasteiger partial charge on any atom is -0.493 e. The maximum Gasteiger partial charge on any atom is 0.270 e. The first kappa shape index (κ1) is 19.7. The fraction of sp³-hybridized carbons (Fsp3) is 0.222. The summed E-state index contributed by atoms with van der Waals surface area (Å²) in [5, 5.41) is 17.0. The molecule has 0 unspecified atom stereocenters. The van der Waals surface area contributed by atoms with E-state index in [1.165, 1.54) is 31.5 Å². The van der Waals surface area contributed by atoms with Gasteiger partial charge in [-0.3, -0.25) is 14.9 Å². The summed E-state index contributed by atoms with van der Waals surface area (Å²) in [6, 6.07) is 11.2. The highest BCUT2D eigenvalue weighted by Crippen LogP contribution is 2.27. The molecule has 0 heterocycles. The van der Waals surface area contributed by atoms with Gasteiger partial charge in [-0.15, -0.1) is 0 Å². The number of ether oxygens (including phenoxy) is 2. The molecule has 142 valence electrons. The lowest BCUT2D eigenvalue weighted by Crippen LogP contribution is -2.26. The van der Waals surface area contributed by atoms with E-state index in [-0.39, 0.29) is 24.7 Å². The van der Waals surface area contributed by atoms with Crippen LogP contribution in [0.2, 0.25) is 0 Å². The number of methoxy groups -OCH3 is 2. The molecule has 9 heteroatoms. The van der Waals surface area contributed by atoms with E-state index in [0.717, 1.165) is 5.56 Å². The standard InChI is InChI=1S/C18H19N3O6/c1-25-16-7-6-14(9-17(16)26-2)10-19-18(22)12-27-20-11-13-4-3-5-15(8-13)21(23)24/h3-9,11H,10,12H2,1-2H3,(H,19,22)/b20-11-. The van der Waals surface area contributed by atoms with Gasteiger partial charge in [-0.05, 0) is 17.7 Å². The Hall–Kier alpha value is -3.62. The van der Waals surface area contributed by atoms with E-state index in [4.69, 9.17) is 14.3 Å². The Morgan fingerprint density at radius 2 is 1.96 bits per heavy atom. The SMILES string of the molecule is COc1ccc(CNC(=O)CO/N=C\c2cccc([N+](=O)[O-])c2)cc1OC. The van der Waals surface area contributed by atoms with Crippen LogP contribution in [-0.4, -0.2) is 37.9 Å². The van der Waals surface area contributed by atoms with Gasteiger partial charge in [-0.1, -0.05) is 23.4 Å². The molecule has 1 amide bonds. The lowest BCUT2D eigenvalue weighted by molar-refractivity contribution is -0.384. The second kappa shape index (κ2) is 9.76. The maximum atomic E-state index is 11.8. The third-order valence-corrected chi connectivity index (χ3v) is 3.49. The Bertz CT molecular complexity index is 838. The van der Waals surface area contributed by atoms with Crippen molar-refractivity contribution in [1.29, 1.82) is 0 Å². The summed E-state index contributed by atoms with van der Waals surface area (Å²) >= 11 is 0. The maximum absolute atomic E-state index is 11.8. The van der Waals surface area contributed by atoms with Crippen molar-refractivity contribution in [2.75, 3.05) is 20.8 Å². The number of nitrogens with zero attached hydrogens (tertiary/aromatic N) is 2. The van der Waals surface area contributed by atoms with Crippen molar-refractivity contribution >= 4 is 17.8 Å². The number of amides is 1. The van der Waals surface area contributed by atoms with Gasteiger partial charge in [0, 0.05) is 24.2 Å². The second-order valence-electron chi connectivity index (χ2n) is 5.33. The molecule has 0 saturated heterocycles. The number of hydrogen-bond acceptors (Lipinski definition) is 7. The minimum absolute atomic E-state index is 0.0494. The summed E-state index contributed by atoms with van der Waals surface area (Å²) in [6.45, 7) is 0.00978. The Balaban J connectivity index is 1.79. The summed E-state index contributed by atoms with van der Waals surface area (Å²) in [6.07, 6.45) is 1.30. The van der Waals surface area contributed by atoms with Crippen LogP contribution in [0.5, 0.6) is 11.5 Å². The van der Waals surface area contributed by atoms with Crippen molar-refractivity contribution in [2.24, 2.45) is 5.16 Å². The van der Waals surface area contributed by atoms with Gasteiger partial charge in [0.2, 0.25) is 0 Å². The van der Waals surface area contributed by atoms with E-state index >= 15 is 0 Å². The number of nitrogens with one attached hydrogen (secondary N) is 1. The number of oxime groups is 1. The third kappa shape index (κ3) is 5.99. The number of nitro groups is 1. The largest absolute Gasteiger partial charge is 0.493 e. The summed E-state index contributed by atoms with van der Waals surface area (Å²) in [7, 11) is 3.08. The molecule has 0 aliphatic heterocycles. The summed E-state index contributed by atoms with van der Waals surface area (Å²) in [5.74, 6) is 0.814. The van der Waals surface area contributed by atoms with Gasteiger partial charge in [0.15, 0.2) is 18.1 Å². The second-order valence-corrected chi connectivity index (χ2v) is 5.33. The molecule has 1 N–H and O–H groups in total. The number of carbonyl (C=O) groups is 1. The van der Waals surface area contributed by atoms with Crippen LogP contribution >= 0.6 is 0 Å². The third-order valence-electron chi connectivity index (χ3n) is 3.49. The van der Waals surface area contributed by atoms with Crippen molar-refractivity contribution in [1.82, 2.24) is 5.32 Å². The number of non-ortho nitro benzene ring substituents is 1. The van der Waals surface area contributed by atoms with Crippen LogP contribution in [0, 0.1) is 10.1 Å². The predicted molar refractivity (Wildman–Crippen MR) is 98.0 cm³/mol.